The van der Waals surface area contributed by atoms with Gasteiger partial charge in [0.2, 0.25) is 11.8 Å². The number of hydrogen-bond donors (Lipinski definition) is 3. The lowest BCUT2D eigenvalue weighted by Gasteiger charge is -2.30. The van der Waals surface area contributed by atoms with E-state index in [1.165, 1.54) is 4.90 Å². The first kappa shape index (κ1) is 26.7. The third-order valence-electron chi connectivity index (χ3n) is 6.40. The van der Waals surface area contributed by atoms with Crippen LogP contribution in [0.25, 0.3) is 0 Å². The normalized spacial score (nSPS) is 15.1. The molecule has 2 aromatic carbocycles. The summed E-state index contributed by atoms with van der Waals surface area (Å²) in [5, 5.41) is 8.43. The molecule has 2 unspecified atom stereocenters. The number of likely N-dealkylation sites (N-methyl/N-ethyl adjacent to an activating group) is 1. The van der Waals surface area contributed by atoms with Crippen LogP contribution in [0.4, 0.5) is 11.5 Å². The number of anilines is 2. The molecule has 1 aromatic heterocycles. The first-order valence-electron chi connectivity index (χ1n) is 12.5. The zero-order valence-corrected chi connectivity index (χ0v) is 21.6. The number of ketones is 1. The summed E-state index contributed by atoms with van der Waals surface area (Å²) in [6.45, 7) is 3.74. The number of carbonyl (C=O) groups is 4. The predicted molar refractivity (Wildman–Crippen MR) is 145 cm³/mol. The number of aromatic nitrogens is 1. The molecule has 2 heterocycles. The minimum atomic E-state index is -0.847. The van der Waals surface area contributed by atoms with Crippen LogP contribution in [-0.4, -0.2) is 54.2 Å². The van der Waals surface area contributed by atoms with Crippen LogP contribution in [0.2, 0.25) is 0 Å². The smallest absolute Gasteiger partial charge is 0.251 e. The lowest BCUT2D eigenvalue weighted by Crippen LogP contribution is -2.56. The van der Waals surface area contributed by atoms with E-state index in [1.807, 2.05) is 26.0 Å². The van der Waals surface area contributed by atoms with Crippen LogP contribution in [0, 0.1) is 5.92 Å². The number of pyridine rings is 1. The third kappa shape index (κ3) is 5.78. The van der Waals surface area contributed by atoms with Gasteiger partial charge in [0.15, 0.2) is 5.78 Å². The maximum Gasteiger partial charge on any atom is 0.251 e. The number of nitrogens with one attached hydrogen (secondary N) is 3. The second-order valence-corrected chi connectivity index (χ2v) is 9.50. The fourth-order valence-electron chi connectivity index (χ4n) is 4.46. The van der Waals surface area contributed by atoms with Crippen LogP contribution in [0.1, 0.15) is 35.3 Å². The lowest BCUT2D eigenvalue weighted by atomic mass is 10.0. The van der Waals surface area contributed by atoms with Gasteiger partial charge in [-0.2, -0.15) is 0 Å². The molecule has 9 nitrogen and oxygen atoms in total. The molecule has 1 aliphatic rings. The van der Waals surface area contributed by atoms with E-state index in [-0.39, 0.29) is 30.1 Å². The van der Waals surface area contributed by atoms with Gasteiger partial charge in [-0.3, -0.25) is 24.1 Å². The molecular formula is C29H31N5O4. The van der Waals surface area contributed by atoms with Crippen LogP contribution in [-0.2, 0) is 20.8 Å². The molecule has 38 heavy (non-hydrogen) atoms. The van der Waals surface area contributed by atoms with Crippen LogP contribution in [0.3, 0.4) is 0 Å². The SMILES string of the molecule is CNCC(=O)NC(C(=O)N1c2ncccc2CC1C(=O)Nc1ccc(C(=O)c2ccccc2)cc1)C(C)C. The van der Waals surface area contributed by atoms with E-state index in [4.69, 9.17) is 0 Å². The van der Waals surface area contributed by atoms with Gasteiger partial charge in [-0.05, 0) is 48.9 Å². The molecule has 0 saturated heterocycles. The molecule has 3 N–H and O–H groups in total. The van der Waals surface area contributed by atoms with E-state index in [9.17, 15) is 19.2 Å². The summed E-state index contributed by atoms with van der Waals surface area (Å²) in [6, 6.07) is 17.5. The lowest BCUT2D eigenvalue weighted by molar-refractivity contribution is -0.129. The van der Waals surface area contributed by atoms with Crippen LogP contribution < -0.4 is 20.9 Å². The molecule has 0 saturated carbocycles. The van der Waals surface area contributed by atoms with E-state index in [2.05, 4.69) is 20.9 Å². The third-order valence-corrected chi connectivity index (χ3v) is 6.40. The second-order valence-electron chi connectivity index (χ2n) is 9.50. The van der Waals surface area contributed by atoms with Crippen molar-refractivity contribution in [3.05, 3.63) is 89.6 Å². The van der Waals surface area contributed by atoms with Crippen LogP contribution in [0.5, 0.6) is 0 Å². The largest absolute Gasteiger partial charge is 0.343 e. The Morgan fingerprint density at radius 1 is 0.947 bits per heavy atom. The van der Waals surface area contributed by atoms with Crippen molar-refractivity contribution in [3.8, 4) is 0 Å². The fraction of sp³-hybridized carbons (Fsp3) is 0.276. The number of nitrogens with zero attached hydrogens (tertiary/aromatic N) is 2. The zero-order chi connectivity index (χ0) is 27.2. The monoisotopic (exact) mass is 513 g/mol. The molecule has 4 rings (SSSR count). The highest BCUT2D eigenvalue weighted by atomic mass is 16.2. The molecule has 9 heteroatoms. The van der Waals surface area contributed by atoms with Crippen molar-refractivity contribution in [2.45, 2.75) is 32.4 Å². The zero-order valence-electron chi connectivity index (χ0n) is 21.6. The summed E-state index contributed by atoms with van der Waals surface area (Å²) in [5.74, 6) is -1.01. The van der Waals surface area contributed by atoms with Crippen molar-refractivity contribution >= 4 is 35.0 Å². The maximum atomic E-state index is 13.7. The van der Waals surface area contributed by atoms with Crippen molar-refractivity contribution < 1.29 is 19.2 Å². The first-order chi connectivity index (χ1) is 18.3. The molecule has 3 aromatic rings. The van der Waals surface area contributed by atoms with Gasteiger partial charge < -0.3 is 16.0 Å². The Morgan fingerprint density at radius 3 is 2.29 bits per heavy atom. The van der Waals surface area contributed by atoms with E-state index in [0.717, 1.165) is 5.56 Å². The molecule has 1 aliphatic heterocycles. The number of amides is 3. The minimum absolute atomic E-state index is 0.0675. The standard InChI is InChI=1S/C29H31N5O4/c1-18(2)25(33-24(35)17-30-3)29(38)34-23(16-21-10-7-15-31-27(21)34)28(37)32-22-13-11-20(12-14-22)26(36)19-8-5-4-6-9-19/h4-15,18,23,25,30H,16-17H2,1-3H3,(H,32,37)(H,33,35). The quantitative estimate of drug-likeness (QED) is 0.378. The maximum absolute atomic E-state index is 13.7. The van der Waals surface area contributed by atoms with Crippen LogP contribution in [0.15, 0.2) is 72.9 Å². The van der Waals surface area contributed by atoms with Crippen molar-refractivity contribution in [2.75, 3.05) is 23.8 Å². The fourth-order valence-corrected chi connectivity index (χ4v) is 4.46. The van der Waals surface area contributed by atoms with Gasteiger partial charge in [-0.1, -0.05) is 50.2 Å². The van der Waals surface area contributed by atoms with Gasteiger partial charge in [-0.25, -0.2) is 4.98 Å². The molecule has 0 fully saturated rings. The summed E-state index contributed by atoms with van der Waals surface area (Å²) in [5.41, 5.74) is 2.35. The topological polar surface area (TPSA) is 120 Å². The number of hydrogen-bond acceptors (Lipinski definition) is 6. The summed E-state index contributed by atoms with van der Waals surface area (Å²) in [6.07, 6.45) is 1.87. The Bertz CT molecular complexity index is 1320. The summed E-state index contributed by atoms with van der Waals surface area (Å²) in [4.78, 5) is 58.0. The number of carbonyl (C=O) groups excluding carboxylic acids is 4. The highest BCUT2D eigenvalue weighted by Gasteiger charge is 2.42. The molecule has 0 bridgehead atoms. The molecule has 3 amide bonds. The Labute approximate surface area is 221 Å². The van der Waals surface area contributed by atoms with Crippen molar-refractivity contribution in [1.29, 1.82) is 0 Å². The summed E-state index contributed by atoms with van der Waals surface area (Å²) >= 11 is 0. The Morgan fingerprint density at radius 2 is 1.63 bits per heavy atom. The number of fused-ring (bicyclic) bond motifs is 1. The van der Waals surface area contributed by atoms with Gasteiger partial charge in [0.05, 0.1) is 6.54 Å². The summed E-state index contributed by atoms with van der Waals surface area (Å²) in [7, 11) is 1.65. The minimum Gasteiger partial charge on any atom is -0.343 e. The molecule has 2 atom stereocenters. The second kappa shape index (κ2) is 11.8. The molecule has 0 radical (unpaired) electrons. The van der Waals surface area contributed by atoms with Gasteiger partial charge in [0.25, 0.3) is 5.91 Å². The van der Waals surface area contributed by atoms with Crippen LogP contribution >= 0.6 is 0 Å². The summed E-state index contributed by atoms with van der Waals surface area (Å²) < 4.78 is 0. The number of rotatable bonds is 9. The molecule has 0 aliphatic carbocycles. The van der Waals surface area contributed by atoms with Gasteiger partial charge >= 0.3 is 0 Å². The highest BCUT2D eigenvalue weighted by molar-refractivity contribution is 6.10. The van der Waals surface area contributed by atoms with Crippen molar-refractivity contribution in [3.63, 3.8) is 0 Å². The molecule has 196 valence electrons. The van der Waals surface area contributed by atoms with Crippen molar-refractivity contribution in [2.24, 2.45) is 5.92 Å². The van der Waals surface area contributed by atoms with Gasteiger partial charge in [0.1, 0.15) is 17.9 Å². The molecule has 0 spiro atoms. The first-order valence-corrected chi connectivity index (χ1v) is 12.5. The van der Waals surface area contributed by atoms with Gasteiger partial charge in [0, 0.05) is 29.4 Å². The van der Waals surface area contributed by atoms with E-state index in [1.54, 1.807) is 67.8 Å². The Kier molecular flexibility index (Phi) is 8.28. The Balaban J connectivity index is 1.54. The molecular weight excluding hydrogens is 482 g/mol. The Hall–Kier alpha value is -4.37. The highest BCUT2D eigenvalue weighted by Crippen LogP contribution is 2.32. The number of benzene rings is 2. The predicted octanol–water partition coefficient (Wildman–Crippen LogP) is 2.57. The van der Waals surface area contributed by atoms with Crippen molar-refractivity contribution in [1.82, 2.24) is 15.6 Å². The van der Waals surface area contributed by atoms with E-state index in [0.29, 0.717) is 29.1 Å². The van der Waals surface area contributed by atoms with E-state index >= 15 is 0 Å². The van der Waals surface area contributed by atoms with Gasteiger partial charge in [-0.15, -0.1) is 0 Å². The average Bonchev–Trinajstić information content (AvgIpc) is 3.32. The van der Waals surface area contributed by atoms with E-state index < -0.39 is 18.0 Å². The average molecular weight is 514 g/mol.